The van der Waals surface area contributed by atoms with Gasteiger partial charge in [-0.05, 0) is 31.0 Å². The smallest absolute Gasteiger partial charge is 0.254 e. The molecule has 2 fully saturated rings. The fourth-order valence-electron chi connectivity index (χ4n) is 3.96. The number of amides is 2. The molecule has 2 aromatic rings. The molecule has 4 N–H and O–H groups in total. The number of piperazine rings is 1. The quantitative estimate of drug-likeness (QED) is 0.619. The van der Waals surface area contributed by atoms with E-state index in [1.54, 1.807) is 6.92 Å². The van der Waals surface area contributed by atoms with Gasteiger partial charge in [-0.15, -0.1) is 0 Å². The lowest BCUT2D eigenvalue weighted by Gasteiger charge is -2.35. The van der Waals surface area contributed by atoms with Gasteiger partial charge in [0, 0.05) is 69.9 Å². The van der Waals surface area contributed by atoms with E-state index in [1.165, 1.54) is 6.20 Å². The van der Waals surface area contributed by atoms with E-state index in [0.29, 0.717) is 38.1 Å². The molecule has 2 saturated heterocycles. The number of carbonyl (C=O) groups excluding carboxylic acids is 2. The van der Waals surface area contributed by atoms with E-state index in [0.717, 1.165) is 37.3 Å². The molecule has 0 atom stereocenters. The Morgan fingerprint density at radius 2 is 1.91 bits per heavy atom. The molecule has 1 aromatic heterocycles. The fourth-order valence-corrected chi connectivity index (χ4v) is 3.96. The van der Waals surface area contributed by atoms with Gasteiger partial charge in [-0.2, -0.15) is 4.98 Å². The maximum Gasteiger partial charge on any atom is 0.254 e. The van der Waals surface area contributed by atoms with Crippen molar-refractivity contribution in [2.24, 2.45) is 5.73 Å². The van der Waals surface area contributed by atoms with Crippen LogP contribution in [0.1, 0.15) is 30.1 Å². The molecule has 4 rings (SSSR count). The second kappa shape index (κ2) is 9.82. The van der Waals surface area contributed by atoms with Gasteiger partial charge < -0.3 is 30.9 Å². The molecule has 10 heteroatoms. The number of benzene rings is 1. The van der Waals surface area contributed by atoms with Gasteiger partial charge >= 0.3 is 0 Å². The van der Waals surface area contributed by atoms with Crippen molar-refractivity contribution in [3.05, 3.63) is 36.0 Å². The first kappa shape index (κ1) is 21.8. The van der Waals surface area contributed by atoms with Gasteiger partial charge in [0.2, 0.25) is 11.9 Å². The summed E-state index contributed by atoms with van der Waals surface area (Å²) in [4.78, 5) is 36.3. The lowest BCUT2D eigenvalue weighted by atomic mass is 10.1. The molecule has 0 aliphatic carbocycles. The van der Waals surface area contributed by atoms with Gasteiger partial charge in [0.25, 0.3) is 5.91 Å². The number of aromatic nitrogens is 2. The van der Waals surface area contributed by atoms with Crippen LogP contribution in [0, 0.1) is 0 Å². The minimum absolute atomic E-state index is 0.113. The van der Waals surface area contributed by atoms with Gasteiger partial charge in [-0.1, -0.05) is 6.07 Å². The molecular weight excluding hydrogens is 410 g/mol. The first-order valence-corrected chi connectivity index (χ1v) is 10.9. The van der Waals surface area contributed by atoms with Crippen LogP contribution < -0.4 is 21.3 Å². The van der Waals surface area contributed by atoms with Crippen molar-refractivity contribution in [3.63, 3.8) is 0 Å². The highest BCUT2D eigenvalue weighted by Crippen LogP contribution is 2.24. The molecule has 0 unspecified atom stereocenters. The molecular formula is C22H29N7O3. The zero-order valence-corrected chi connectivity index (χ0v) is 18.2. The van der Waals surface area contributed by atoms with E-state index < -0.39 is 5.91 Å². The Morgan fingerprint density at radius 1 is 1.16 bits per heavy atom. The molecule has 0 spiro atoms. The van der Waals surface area contributed by atoms with E-state index in [2.05, 4.69) is 25.5 Å². The van der Waals surface area contributed by atoms with Crippen LogP contribution in [-0.2, 0) is 9.53 Å². The molecule has 32 heavy (non-hydrogen) atoms. The van der Waals surface area contributed by atoms with Crippen LogP contribution >= 0.6 is 0 Å². The van der Waals surface area contributed by atoms with E-state index >= 15 is 0 Å². The van der Waals surface area contributed by atoms with Crippen LogP contribution in [0.25, 0.3) is 0 Å². The SMILES string of the molecule is CC(=O)N1CCN(c2cccc(Nc3ncc(C(N)=O)c(NC4CCOCC4)n3)c2)CC1. The molecule has 2 aliphatic heterocycles. The number of nitrogens with zero attached hydrogens (tertiary/aromatic N) is 4. The van der Waals surface area contributed by atoms with Crippen LogP contribution in [0.15, 0.2) is 30.5 Å². The maximum absolute atomic E-state index is 11.8. The maximum atomic E-state index is 11.8. The van der Waals surface area contributed by atoms with Crippen LogP contribution in [0.3, 0.4) is 0 Å². The Labute approximate surface area is 187 Å². The number of nitrogens with two attached hydrogens (primary N) is 1. The van der Waals surface area contributed by atoms with Crippen molar-refractivity contribution >= 4 is 35.0 Å². The summed E-state index contributed by atoms with van der Waals surface area (Å²) in [5.74, 6) is 0.348. The summed E-state index contributed by atoms with van der Waals surface area (Å²) in [6.07, 6.45) is 3.12. The summed E-state index contributed by atoms with van der Waals surface area (Å²) in [6, 6.07) is 8.14. The highest BCUT2D eigenvalue weighted by Gasteiger charge is 2.20. The average molecular weight is 440 g/mol. The van der Waals surface area contributed by atoms with Gasteiger partial charge in [-0.3, -0.25) is 9.59 Å². The molecule has 10 nitrogen and oxygen atoms in total. The number of hydrogen-bond acceptors (Lipinski definition) is 8. The lowest BCUT2D eigenvalue weighted by Crippen LogP contribution is -2.48. The largest absolute Gasteiger partial charge is 0.381 e. The van der Waals surface area contributed by atoms with Crippen molar-refractivity contribution < 1.29 is 14.3 Å². The first-order valence-electron chi connectivity index (χ1n) is 10.9. The third-order valence-corrected chi connectivity index (χ3v) is 5.81. The van der Waals surface area contributed by atoms with Crippen molar-refractivity contribution in [1.29, 1.82) is 0 Å². The predicted molar refractivity (Wildman–Crippen MR) is 122 cm³/mol. The Kier molecular flexibility index (Phi) is 6.69. The first-order chi connectivity index (χ1) is 15.5. The van der Waals surface area contributed by atoms with E-state index in [1.807, 2.05) is 29.2 Å². The minimum atomic E-state index is -0.571. The Balaban J connectivity index is 1.47. The van der Waals surface area contributed by atoms with E-state index in [9.17, 15) is 9.59 Å². The van der Waals surface area contributed by atoms with Gasteiger partial charge in [0.1, 0.15) is 5.82 Å². The number of primary amides is 1. The molecule has 170 valence electrons. The van der Waals surface area contributed by atoms with E-state index in [4.69, 9.17) is 10.5 Å². The number of ether oxygens (including phenoxy) is 1. The molecule has 0 radical (unpaired) electrons. The monoisotopic (exact) mass is 439 g/mol. The summed E-state index contributed by atoms with van der Waals surface area (Å²) in [5.41, 5.74) is 7.68. The summed E-state index contributed by atoms with van der Waals surface area (Å²) in [6.45, 7) is 5.95. The number of hydrogen-bond donors (Lipinski definition) is 3. The molecule has 1 aromatic carbocycles. The van der Waals surface area contributed by atoms with Crippen LogP contribution in [0.5, 0.6) is 0 Å². The molecule has 2 amide bonds. The number of anilines is 4. The van der Waals surface area contributed by atoms with Crippen molar-refractivity contribution in [2.75, 3.05) is 54.9 Å². The van der Waals surface area contributed by atoms with Gasteiger partial charge in [0.15, 0.2) is 0 Å². The Bertz CT molecular complexity index is 970. The number of carbonyl (C=O) groups is 2. The van der Waals surface area contributed by atoms with Crippen LogP contribution in [0.4, 0.5) is 23.1 Å². The fraction of sp³-hybridized carbons (Fsp3) is 0.455. The Hall–Kier alpha value is -3.40. The standard InChI is InChI=1S/C22H29N7O3/c1-15(30)28-7-9-29(10-8-28)18-4-2-3-17(13-18)26-22-24-14-19(20(23)31)21(27-22)25-16-5-11-32-12-6-16/h2-4,13-14,16H,5-12H2,1H3,(H2,23,31)(H2,24,25,26,27). The Morgan fingerprint density at radius 3 is 2.59 bits per heavy atom. The molecule has 0 saturated carbocycles. The van der Waals surface area contributed by atoms with Crippen molar-refractivity contribution in [2.45, 2.75) is 25.8 Å². The number of nitrogens with one attached hydrogen (secondary N) is 2. The van der Waals surface area contributed by atoms with Gasteiger partial charge in [-0.25, -0.2) is 4.98 Å². The highest BCUT2D eigenvalue weighted by molar-refractivity contribution is 5.97. The summed E-state index contributed by atoms with van der Waals surface area (Å²) in [5, 5.41) is 6.54. The second-order valence-corrected chi connectivity index (χ2v) is 8.02. The third-order valence-electron chi connectivity index (χ3n) is 5.81. The molecule has 3 heterocycles. The van der Waals surface area contributed by atoms with Crippen LogP contribution in [0.2, 0.25) is 0 Å². The summed E-state index contributed by atoms with van der Waals surface area (Å²) in [7, 11) is 0. The van der Waals surface area contributed by atoms with E-state index in [-0.39, 0.29) is 17.5 Å². The van der Waals surface area contributed by atoms with Crippen LogP contribution in [-0.4, -0.2) is 72.1 Å². The zero-order valence-electron chi connectivity index (χ0n) is 18.2. The predicted octanol–water partition coefficient (Wildman–Crippen LogP) is 1.58. The third kappa shape index (κ3) is 5.25. The number of rotatable bonds is 6. The minimum Gasteiger partial charge on any atom is -0.381 e. The molecule has 0 bridgehead atoms. The van der Waals surface area contributed by atoms with Crippen molar-refractivity contribution in [3.8, 4) is 0 Å². The van der Waals surface area contributed by atoms with Crippen molar-refractivity contribution in [1.82, 2.24) is 14.9 Å². The second-order valence-electron chi connectivity index (χ2n) is 8.02. The summed E-state index contributed by atoms with van der Waals surface area (Å²) >= 11 is 0. The average Bonchev–Trinajstić information content (AvgIpc) is 2.80. The normalized spacial score (nSPS) is 17.2. The topological polar surface area (TPSA) is 126 Å². The highest BCUT2D eigenvalue weighted by atomic mass is 16.5. The van der Waals surface area contributed by atoms with Gasteiger partial charge in [0.05, 0.1) is 5.56 Å². The lowest BCUT2D eigenvalue weighted by molar-refractivity contribution is -0.129. The zero-order chi connectivity index (χ0) is 22.5. The summed E-state index contributed by atoms with van der Waals surface area (Å²) < 4.78 is 5.40. The molecule has 2 aliphatic rings.